The van der Waals surface area contributed by atoms with Gasteiger partial charge < -0.3 is 8.82 Å². The van der Waals surface area contributed by atoms with Crippen molar-refractivity contribution in [1.82, 2.24) is 9.38 Å². The summed E-state index contributed by atoms with van der Waals surface area (Å²) in [5.41, 5.74) is 5.20. The molecule has 1 aromatic carbocycles. The number of hydrogen-bond acceptors (Lipinski definition) is 2. The van der Waals surface area contributed by atoms with Gasteiger partial charge in [0.25, 0.3) is 0 Å². The second-order valence-corrected chi connectivity index (χ2v) is 5.31. The molecule has 0 fully saturated rings. The molecular weight excluding hydrogens is 260 g/mol. The molecule has 3 heteroatoms. The Morgan fingerprint density at radius 1 is 1.14 bits per heavy atom. The molecule has 0 bridgehead atoms. The number of nitrogens with zero attached hydrogens (tertiary/aromatic N) is 2. The Bertz CT molecular complexity index is 946. The quantitative estimate of drug-likeness (QED) is 0.535. The van der Waals surface area contributed by atoms with Crippen molar-refractivity contribution in [3.05, 3.63) is 59.9 Å². The lowest BCUT2D eigenvalue weighted by molar-refractivity contribution is 0.625. The van der Waals surface area contributed by atoms with Gasteiger partial charge in [0.2, 0.25) is 0 Å². The number of pyridine rings is 1. The van der Waals surface area contributed by atoms with E-state index in [4.69, 9.17) is 9.40 Å². The highest BCUT2D eigenvalue weighted by Gasteiger charge is 2.17. The number of para-hydroxylation sites is 1. The second-order valence-electron chi connectivity index (χ2n) is 5.31. The van der Waals surface area contributed by atoms with Gasteiger partial charge >= 0.3 is 0 Å². The Morgan fingerprint density at radius 2 is 2.00 bits per heavy atom. The predicted octanol–water partition coefficient (Wildman–Crippen LogP) is 4.62. The van der Waals surface area contributed by atoms with E-state index in [9.17, 15) is 0 Å². The van der Waals surface area contributed by atoms with E-state index < -0.39 is 0 Å². The van der Waals surface area contributed by atoms with Gasteiger partial charge in [-0.15, -0.1) is 0 Å². The average molecular weight is 276 g/mol. The number of aromatic nitrogens is 2. The Hall–Kier alpha value is -2.55. The lowest BCUT2D eigenvalue weighted by Crippen LogP contribution is -1.84. The van der Waals surface area contributed by atoms with Crippen LogP contribution < -0.4 is 0 Å². The number of imidazole rings is 1. The third-order valence-electron chi connectivity index (χ3n) is 3.96. The number of hydrogen-bond donors (Lipinski definition) is 0. The highest BCUT2D eigenvalue weighted by Crippen LogP contribution is 2.33. The van der Waals surface area contributed by atoms with E-state index in [0.29, 0.717) is 0 Å². The second kappa shape index (κ2) is 4.48. The van der Waals surface area contributed by atoms with Crippen molar-refractivity contribution in [2.75, 3.05) is 0 Å². The molecule has 21 heavy (non-hydrogen) atoms. The van der Waals surface area contributed by atoms with Crippen molar-refractivity contribution >= 4 is 16.6 Å². The van der Waals surface area contributed by atoms with Crippen LogP contribution in [0.3, 0.4) is 0 Å². The van der Waals surface area contributed by atoms with Crippen LogP contribution in [0, 0.1) is 6.92 Å². The van der Waals surface area contributed by atoms with Gasteiger partial charge in [-0.05, 0) is 31.0 Å². The van der Waals surface area contributed by atoms with Crippen LogP contribution >= 0.6 is 0 Å². The molecule has 3 heterocycles. The first-order valence-electron chi connectivity index (χ1n) is 7.23. The molecule has 0 amide bonds. The third kappa shape index (κ3) is 1.77. The lowest BCUT2D eigenvalue weighted by Gasteiger charge is -1.95. The van der Waals surface area contributed by atoms with Gasteiger partial charge in [-0.2, -0.15) is 0 Å². The van der Waals surface area contributed by atoms with Gasteiger partial charge in [0.05, 0.1) is 0 Å². The summed E-state index contributed by atoms with van der Waals surface area (Å²) >= 11 is 0. The SMILES string of the molecule is CCc1c(-c2cn3cccc(C)c3n2)oc2ccccc12. The summed E-state index contributed by atoms with van der Waals surface area (Å²) in [6.45, 7) is 4.23. The summed E-state index contributed by atoms with van der Waals surface area (Å²) in [6.07, 6.45) is 4.99. The van der Waals surface area contributed by atoms with E-state index in [2.05, 4.69) is 36.4 Å². The van der Waals surface area contributed by atoms with Crippen molar-refractivity contribution in [2.45, 2.75) is 20.3 Å². The Labute approximate surface area is 122 Å². The monoisotopic (exact) mass is 276 g/mol. The zero-order chi connectivity index (χ0) is 14.4. The molecule has 0 aliphatic carbocycles. The fourth-order valence-corrected chi connectivity index (χ4v) is 2.92. The van der Waals surface area contributed by atoms with Gasteiger partial charge in [0.15, 0.2) is 5.76 Å². The van der Waals surface area contributed by atoms with E-state index in [1.165, 1.54) is 10.9 Å². The molecule has 0 aliphatic rings. The molecule has 0 spiro atoms. The van der Waals surface area contributed by atoms with Crippen LogP contribution in [0.15, 0.2) is 53.2 Å². The van der Waals surface area contributed by atoms with E-state index in [1.807, 2.05) is 30.6 Å². The summed E-state index contributed by atoms with van der Waals surface area (Å²) in [4.78, 5) is 4.76. The molecular formula is C18H16N2O. The van der Waals surface area contributed by atoms with Crippen LogP contribution in [0.4, 0.5) is 0 Å². The van der Waals surface area contributed by atoms with Crippen molar-refractivity contribution in [3.8, 4) is 11.5 Å². The van der Waals surface area contributed by atoms with E-state index in [1.54, 1.807) is 0 Å². The van der Waals surface area contributed by atoms with E-state index in [0.717, 1.165) is 34.7 Å². The summed E-state index contributed by atoms with van der Waals surface area (Å²) in [5.74, 6) is 0.891. The summed E-state index contributed by atoms with van der Waals surface area (Å²) < 4.78 is 8.12. The highest BCUT2D eigenvalue weighted by atomic mass is 16.3. The van der Waals surface area contributed by atoms with Crippen LogP contribution in [0.25, 0.3) is 28.1 Å². The third-order valence-corrected chi connectivity index (χ3v) is 3.96. The normalized spacial score (nSPS) is 11.5. The first kappa shape index (κ1) is 12.2. The predicted molar refractivity (Wildman–Crippen MR) is 84.5 cm³/mol. The smallest absolute Gasteiger partial charge is 0.158 e. The zero-order valence-electron chi connectivity index (χ0n) is 12.1. The maximum Gasteiger partial charge on any atom is 0.158 e. The van der Waals surface area contributed by atoms with E-state index in [-0.39, 0.29) is 0 Å². The van der Waals surface area contributed by atoms with Crippen molar-refractivity contribution in [2.24, 2.45) is 0 Å². The average Bonchev–Trinajstić information content (AvgIpc) is 3.08. The Kier molecular flexibility index (Phi) is 2.61. The molecule has 0 aliphatic heterocycles. The number of aryl methyl sites for hydroxylation is 2. The maximum absolute atomic E-state index is 6.07. The molecule has 4 rings (SSSR count). The molecule has 0 unspecified atom stereocenters. The molecule has 0 atom stereocenters. The van der Waals surface area contributed by atoms with Crippen LogP contribution in [0.2, 0.25) is 0 Å². The molecule has 0 radical (unpaired) electrons. The molecule has 0 saturated heterocycles. The standard InChI is InChI=1S/C18H16N2O/c1-3-13-14-8-4-5-9-16(14)21-17(13)15-11-20-10-6-7-12(2)18(20)19-15/h4-11H,3H2,1-2H3. The topological polar surface area (TPSA) is 30.4 Å². The molecule has 4 aromatic rings. The molecule has 3 nitrogen and oxygen atoms in total. The number of furan rings is 1. The van der Waals surface area contributed by atoms with Gasteiger partial charge in [-0.1, -0.05) is 31.2 Å². The number of benzene rings is 1. The lowest BCUT2D eigenvalue weighted by atomic mass is 10.1. The highest BCUT2D eigenvalue weighted by molar-refractivity contribution is 5.87. The van der Waals surface area contributed by atoms with Gasteiger partial charge in [0.1, 0.15) is 16.9 Å². The molecule has 0 N–H and O–H groups in total. The number of rotatable bonds is 2. The molecule has 104 valence electrons. The minimum atomic E-state index is 0.891. The van der Waals surface area contributed by atoms with Crippen LogP contribution in [-0.4, -0.2) is 9.38 Å². The van der Waals surface area contributed by atoms with Crippen LogP contribution in [0.1, 0.15) is 18.1 Å². The number of fused-ring (bicyclic) bond motifs is 2. The molecule has 0 saturated carbocycles. The minimum absolute atomic E-state index is 0.891. The van der Waals surface area contributed by atoms with Crippen LogP contribution in [-0.2, 0) is 6.42 Å². The summed E-state index contributed by atoms with van der Waals surface area (Å²) in [6, 6.07) is 12.3. The van der Waals surface area contributed by atoms with Gasteiger partial charge in [-0.25, -0.2) is 4.98 Å². The maximum atomic E-state index is 6.07. The first-order chi connectivity index (χ1) is 10.3. The zero-order valence-corrected chi connectivity index (χ0v) is 12.1. The van der Waals surface area contributed by atoms with Crippen molar-refractivity contribution < 1.29 is 4.42 Å². The summed E-state index contributed by atoms with van der Waals surface area (Å²) in [5, 5.41) is 1.18. The fourth-order valence-electron chi connectivity index (χ4n) is 2.92. The first-order valence-corrected chi connectivity index (χ1v) is 7.23. The fraction of sp³-hybridized carbons (Fsp3) is 0.167. The van der Waals surface area contributed by atoms with Gasteiger partial charge in [0, 0.05) is 23.3 Å². The Balaban J connectivity index is 2.01. The van der Waals surface area contributed by atoms with Crippen LogP contribution in [0.5, 0.6) is 0 Å². The molecule has 3 aromatic heterocycles. The van der Waals surface area contributed by atoms with E-state index >= 15 is 0 Å². The van der Waals surface area contributed by atoms with Crippen molar-refractivity contribution in [1.29, 1.82) is 0 Å². The minimum Gasteiger partial charge on any atom is -0.454 e. The van der Waals surface area contributed by atoms with Crippen molar-refractivity contribution in [3.63, 3.8) is 0 Å². The van der Waals surface area contributed by atoms with Gasteiger partial charge in [-0.3, -0.25) is 0 Å². The summed E-state index contributed by atoms with van der Waals surface area (Å²) in [7, 11) is 0. The largest absolute Gasteiger partial charge is 0.454 e. The Morgan fingerprint density at radius 3 is 2.81 bits per heavy atom.